The van der Waals surface area contributed by atoms with Crippen LogP contribution in [0.5, 0.6) is 0 Å². The minimum atomic E-state index is -0.201. The number of fused-ring (bicyclic) bond motifs is 1. The minimum absolute atomic E-state index is 0.0757. The predicted octanol–water partition coefficient (Wildman–Crippen LogP) is 3.04. The van der Waals surface area contributed by atoms with E-state index < -0.39 is 0 Å². The van der Waals surface area contributed by atoms with E-state index in [0.717, 1.165) is 47.5 Å². The highest BCUT2D eigenvalue weighted by Crippen LogP contribution is 2.30. The van der Waals surface area contributed by atoms with Gasteiger partial charge in [0.15, 0.2) is 5.65 Å². The molecule has 0 saturated carbocycles. The molecule has 1 amide bonds. The van der Waals surface area contributed by atoms with Crippen molar-refractivity contribution in [2.75, 3.05) is 19.6 Å². The molecular weight excluding hydrogens is 326 g/mol. The zero-order valence-corrected chi connectivity index (χ0v) is 16.8. The Kier molecular flexibility index (Phi) is 4.82. The lowest BCUT2D eigenvalue weighted by Gasteiger charge is -2.21. The van der Waals surface area contributed by atoms with E-state index in [4.69, 9.17) is 15.8 Å². The van der Waals surface area contributed by atoms with E-state index in [0.29, 0.717) is 12.5 Å². The lowest BCUT2D eigenvalue weighted by molar-refractivity contribution is 0.0789. The van der Waals surface area contributed by atoms with Crippen molar-refractivity contribution >= 4 is 16.9 Å². The quantitative estimate of drug-likeness (QED) is 0.916. The van der Waals surface area contributed by atoms with Crippen LogP contribution in [0.3, 0.4) is 0 Å². The van der Waals surface area contributed by atoms with Gasteiger partial charge in [-0.1, -0.05) is 13.8 Å². The molecule has 3 rings (SSSR count). The molecule has 2 N–H and O–H groups in total. The predicted molar refractivity (Wildman–Crippen MR) is 104 cm³/mol. The summed E-state index contributed by atoms with van der Waals surface area (Å²) in [6.45, 7) is 14.6. The van der Waals surface area contributed by atoms with E-state index in [1.165, 1.54) is 0 Å². The lowest BCUT2D eigenvalue weighted by atomic mass is 10.0. The number of nitrogens with two attached hydrogens (primary N) is 1. The molecule has 26 heavy (non-hydrogen) atoms. The van der Waals surface area contributed by atoms with Crippen LogP contribution in [0.15, 0.2) is 6.07 Å². The van der Waals surface area contributed by atoms with E-state index in [-0.39, 0.29) is 17.4 Å². The van der Waals surface area contributed by atoms with Gasteiger partial charge in [0.2, 0.25) is 0 Å². The Bertz CT molecular complexity index is 831. The van der Waals surface area contributed by atoms with Gasteiger partial charge in [-0.3, -0.25) is 4.79 Å². The highest BCUT2D eigenvalue weighted by atomic mass is 16.2. The van der Waals surface area contributed by atoms with Gasteiger partial charge in [0.1, 0.15) is 0 Å². The summed E-state index contributed by atoms with van der Waals surface area (Å²) in [4.78, 5) is 20.1. The first-order valence-corrected chi connectivity index (χ1v) is 9.53. The van der Waals surface area contributed by atoms with Gasteiger partial charge in [0.05, 0.1) is 22.2 Å². The summed E-state index contributed by atoms with van der Waals surface area (Å²) < 4.78 is 1.95. The van der Waals surface area contributed by atoms with Crippen molar-refractivity contribution in [3.63, 3.8) is 0 Å². The summed E-state index contributed by atoms with van der Waals surface area (Å²) in [5.41, 5.74) is 8.92. The van der Waals surface area contributed by atoms with E-state index in [9.17, 15) is 4.79 Å². The highest BCUT2D eigenvalue weighted by Gasteiger charge is 2.30. The molecule has 6 nitrogen and oxygen atoms in total. The topological polar surface area (TPSA) is 77.0 Å². The Balaban J connectivity index is 2.18. The van der Waals surface area contributed by atoms with Gasteiger partial charge in [-0.15, -0.1) is 0 Å². The van der Waals surface area contributed by atoms with Gasteiger partial charge < -0.3 is 10.6 Å². The van der Waals surface area contributed by atoms with Crippen molar-refractivity contribution < 1.29 is 4.79 Å². The Morgan fingerprint density at radius 2 is 2.08 bits per heavy atom. The van der Waals surface area contributed by atoms with Gasteiger partial charge in [-0.2, -0.15) is 5.10 Å². The van der Waals surface area contributed by atoms with Crippen LogP contribution in [0.4, 0.5) is 0 Å². The molecule has 1 unspecified atom stereocenters. The average Bonchev–Trinajstić information content (AvgIpc) is 3.17. The number of aromatic nitrogens is 3. The van der Waals surface area contributed by atoms with Crippen LogP contribution < -0.4 is 5.73 Å². The third-order valence-electron chi connectivity index (χ3n) is 5.20. The van der Waals surface area contributed by atoms with Crippen LogP contribution in [-0.4, -0.2) is 45.2 Å². The first-order chi connectivity index (χ1) is 12.1. The maximum absolute atomic E-state index is 13.3. The van der Waals surface area contributed by atoms with Crippen molar-refractivity contribution in [1.29, 1.82) is 0 Å². The van der Waals surface area contributed by atoms with Gasteiger partial charge in [0.25, 0.3) is 5.91 Å². The zero-order chi connectivity index (χ0) is 19.2. The molecule has 0 bridgehead atoms. The fraction of sp³-hybridized carbons (Fsp3) is 0.650. The third-order valence-corrected chi connectivity index (χ3v) is 5.20. The minimum Gasteiger partial charge on any atom is -0.338 e. The molecule has 1 atom stereocenters. The maximum atomic E-state index is 13.3. The van der Waals surface area contributed by atoms with Crippen LogP contribution in [-0.2, 0) is 5.54 Å². The van der Waals surface area contributed by atoms with Crippen molar-refractivity contribution in [3.8, 4) is 0 Å². The number of nitrogens with zero attached hydrogens (tertiary/aromatic N) is 4. The molecule has 2 aromatic rings. The Labute approximate surface area is 155 Å². The zero-order valence-electron chi connectivity index (χ0n) is 16.8. The standard InChI is InChI=1S/C20H31N5O/c1-12(2)16-9-15(19(26)24-8-7-14(10-21)11-24)17-13(3)23-25(18(17)22-16)20(4,5)6/h9,12,14H,7-8,10-11,21H2,1-6H3. The number of rotatable bonds is 3. The largest absolute Gasteiger partial charge is 0.338 e. The van der Waals surface area contributed by atoms with Crippen molar-refractivity contribution in [3.05, 3.63) is 23.0 Å². The van der Waals surface area contributed by atoms with E-state index in [1.807, 2.05) is 22.6 Å². The van der Waals surface area contributed by atoms with Crippen LogP contribution in [0.2, 0.25) is 0 Å². The van der Waals surface area contributed by atoms with Crippen molar-refractivity contribution in [1.82, 2.24) is 19.7 Å². The molecule has 6 heteroatoms. The number of hydrogen-bond donors (Lipinski definition) is 1. The summed E-state index contributed by atoms with van der Waals surface area (Å²) in [6.07, 6.45) is 0.980. The SMILES string of the molecule is Cc1nn(C(C)(C)C)c2nc(C(C)C)cc(C(=O)N3CCC(CN)C3)c12. The first kappa shape index (κ1) is 18.8. The first-order valence-electron chi connectivity index (χ1n) is 9.53. The molecule has 0 aliphatic carbocycles. The van der Waals surface area contributed by atoms with E-state index in [1.54, 1.807) is 0 Å². The molecule has 3 heterocycles. The Hall–Kier alpha value is -1.95. The number of carbonyl (C=O) groups is 1. The smallest absolute Gasteiger partial charge is 0.254 e. The normalized spacial score (nSPS) is 18.3. The van der Waals surface area contributed by atoms with E-state index in [2.05, 4.69) is 34.6 Å². The van der Waals surface area contributed by atoms with Gasteiger partial charge >= 0.3 is 0 Å². The molecule has 0 spiro atoms. The van der Waals surface area contributed by atoms with Gasteiger partial charge in [-0.05, 0) is 58.6 Å². The Morgan fingerprint density at radius 1 is 1.38 bits per heavy atom. The monoisotopic (exact) mass is 357 g/mol. The van der Waals surface area contributed by atoms with Crippen molar-refractivity contribution in [2.24, 2.45) is 11.7 Å². The van der Waals surface area contributed by atoms with Crippen molar-refractivity contribution in [2.45, 2.75) is 59.4 Å². The summed E-state index contributed by atoms with van der Waals surface area (Å²) >= 11 is 0. The summed E-state index contributed by atoms with van der Waals surface area (Å²) in [5, 5.41) is 5.61. The number of aryl methyl sites for hydroxylation is 1. The molecule has 2 aromatic heterocycles. The highest BCUT2D eigenvalue weighted by molar-refractivity contribution is 6.06. The fourth-order valence-corrected chi connectivity index (χ4v) is 3.62. The maximum Gasteiger partial charge on any atom is 0.254 e. The van der Waals surface area contributed by atoms with Crippen LogP contribution in [0.25, 0.3) is 11.0 Å². The number of carbonyl (C=O) groups excluding carboxylic acids is 1. The second kappa shape index (κ2) is 6.65. The second-order valence-corrected chi connectivity index (χ2v) is 8.76. The molecule has 0 radical (unpaired) electrons. The van der Waals surface area contributed by atoms with Crippen LogP contribution in [0.1, 0.15) is 68.7 Å². The number of hydrogen-bond acceptors (Lipinski definition) is 4. The third kappa shape index (κ3) is 3.22. The van der Waals surface area contributed by atoms with E-state index >= 15 is 0 Å². The number of amides is 1. The van der Waals surface area contributed by atoms with Gasteiger partial charge in [0, 0.05) is 18.8 Å². The lowest BCUT2D eigenvalue weighted by Crippen LogP contribution is -2.30. The van der Waals surface area contributed by atoms with Crippen LogP contribution >= 0.6 is 0 Å². The number of pyridine rings is 1. The summed E-state index contributed by atoms with van der Waals surface area (Å²) in [5.74, 6) is 0.719. The number of likely N-dealkylation sites (tertiary alicyclic amines) is 1. The molecule has 0 aromatic carbocycles. The molecule has 1 fully saturated rings. The summed E-state index contributed by atoms with van der Waals surface area (Å²) in [6, 6.07) is 1.97. The molecule has 1 aliphatic heterocycles. The fourth-order valence-electron chi connectivity index (χ4n) is 3.62. The molecular formula is C20H31N5O. The molecule has 142 valence electrons. The van der Waals surface area contributed by atoms with Crippen LogP contribution in [0, 0.1) is 12.8 Å². The summed E-state index contributed by atoms with van der Waals surface area (Å²) in [7, 11) is 0. The van der Waals surface area contributed by atoms with Gasteiger partial charge in [-0.25, -0.2) is 9.67 Å². The molecule has 1 aliphatic rings. The molecule has 1 saturated heterocycles. The average molecular weight is 358 g/mol. The Morgan fingerprint density at radius 3 is 2.62 bits per heavy atom. The second-order valence-electron chi connectivity index (χ2n) is 8.76.